The topological polar surface area (TPSA) is 108 Å². The van der Waals surface area contributed by atoms with Crippen LogP contribution in [0.25, 0.3) is 0 Å². The number of aliphatic hydroxyl groups excluding tert-OH is 1. The van der Waals surface area contributed by atoms with Crippen molar-refractivity contribution >= 4 is 5.97 Å². The van der Waals surface area contributed by atoms with E-state index >= 15 is 0 Å². The Kier molecular flexibility index (Phi) is 2.64. The van der Waals surface area contributed by atoms with Gasteiger partial charge in [0.25, 0.3) is 0 Å². The molecule has 0 radical (unpaired) electrons. The van der Waals surface area contributed by atoms with Gasteiger partial charge in [-0.2, -0.15) is 0 Å². The minimum Gasteiger partial charge on any atom is -0.481 e. The molecule has 0 aromatic carbocycles. The van der Waals surface area contributed by atoms with E-state index in [1.807, 2.05) is 0 Å². The van der Waals surface area contributed by atoms with Crippen LogP contribution >= 0.6 is 0 Å². The lowest BCUT2D eigenvalue weighted by atomic mass is 9.69. The first kappa shape index (κ1) is 11.0. The first-order valence-electron chi connectivity index (χ1n) is 5.02. The Morgan fingerprint density at radius 2 is 2.31 bits per heavy atom. The second kappa shape index (κ2) is 3.84. The second-order valence-corrected chi connectivity index (χ2v) is 4.07. The van der Waals surface area contributed by atoms with Gasteiger partial charge in [-0.05, 0) is 12.8 Å². The van der Waals surface area contributed by atoms with E-state index in [-0.39, 0.29) is 19.4 Å². The zero-order valence-electron chi connectivity index (χ0n) is 8.57. The summed E-state index contributed by atoms with van der Waals surface area (Å²) in [5.74, 6) is -1.40. The van der Waals surface area contributed by atoms with Crippen LogP contribution in [0.1, 0.15) is 18.5 Å². The van der Waals surface area contributed by atoms with Crippen LogP contribution in [-0.2, 0) is 16.9 Å². The number of nitrogens with zero attached hydrogens (tertiary/aromatic N) is 3. The molecule has 1 fully saturated rings. The van der Waals surface area contributed by atoms with Gasteiger partial charge in [0.15, 0.2) is 0 Å². The Labute approximate surface area is 91.3 Å². The molecule has 0 bridgehead atoms. The van der Waals surface area contributed by atoms with Gasteiger partial charge in [-0.3, -0.25) is 4.79 Å². The zero-order valence-corrected chi connectivity index (χ0v) is 8.57. The Morgan fingerprint density at radius 1 is 1.62 bits per heavy atom. The number of rotatable bonds is 4. The molecule has 1 aromatic rings. The molecule has 1 aromatic heterocycles. The predicted octanol–water partition coefficient (Wildman–Crippen LogP) is -1.05. The standard InChI is InChI=1S/C9H13N3O4/c13-2-1-12-5-7(10-11-12)9(16)3-6(4-9)8(14)15/h5-6,13,16H,1-4H2,(H,14,15). The SMILES string of the molecule is O=C(O)C1CC(O)(c2cn(CCO)nn2)C1. The van der Waals surface area contributed by atoms with Crippen molar-refractivity contribution in [3.63, 3.8) is 0 Å². The van der Waals surface area contributed by atoms with E-state index in [4.69, 9.17) is 10.2 Å². The van der Waals surface area contributed by atoms with Crippen molar-refractivity contribution in [3.05, 3.63) is 11.9 Å². The van der Waals surface area contributed by atoms with E-state index in [0.29, 0.717) is 12.2 Å². The van der Waals surface area contributed by atoms with Gasteiger partial charge in [-0.15, -0.1) is 5.10 Å². The van der Waals surface area contributed by atoms with Gasteiger partial charge in [0.05, 0.1) is 25.3 Å². The molecule has 16 heavy (non-hydrogen) atoms. The molecule has 0 unspecified atom stereocenters. The van der Waals surface area contributed by atoms with Crippen molar-refractivity contribution in [2.24, 2.45) is 5.92 Å². The summed E-state index contributed by atoms with van der Waals surface area (Å²) in [7, 11) is 0. The third-order valence-electron chi connectivity index (χ3n) is 2.86. The second-order valence-electron chi connectivity index (χ2n) is 4.07. The molecule has 7 heteroatoms. The molecule has 2 rings (SSSR count). The Hall–Kier alpha value is -1.47. The van der Waals surface area contributed by atoms with Crippen LogP contribution in [0.4, 0.5) is 0 Å². The van der Waals surface area contributed by atoms with Gasteiger partial charge in [-0.1, -0.05) is 5.21 Å². The van der Waals surface area contributed by atoms with Crippen LogP contribution in [-0.4, -0.2) is 42.9 Å². The lowest BCUT2D eigenvalue weighted by Gasteiger charge is -2.39. The Morgan fingerprint density at radius 3 is 2.88 bits per heavy atom. The van der Waals surface area contributed by atoms with Crippen LogP contribution in [0.15, 0.2) is 6.20 Å². The molecule has 0 amide bonds. The lowest BCUT2D eigenvalue weighted by Crippen LogP contribution is -2.44. The third kappa shape index (κ3) is 1.79. The van der Waals surface area contributed by atoms with Crippen LogP contribution in [0, 0.1) is 5.92 Å². The van der Waals surface area contributed by atoms with Gasteiger partial charge in [0, 0.05) is 0 Å². The number of hydrogen-bond acceptors (Lipinski definition) is 5. The van der Waals surface area contributed by atoms with Gasteiger partial charge in [0.2, 0.25) is 0 Å². The molecule has 3 N–H and O–H groups in total. The maximum Gasteiger partial charge on any atom is 0.306 e. The monoisotopic (exact) mass is 227 g/mol. The summed E-state index contributed by atoms with van der Waals surface area (Å²) in [4.78, 5) is 10.6. The van der Waals surface area contributed by atoms with Crippen molar-refractivity contribution < 1.29 is 20.1 Å². The summed E-state index contributed by atoms with van der Waals surface area (Å²) in [6.45, 7) is 0.254. The van der Waals surface area contributed by atoms with Crippen molar-refractivity contribution in [2.75, 3.05) is 6.61 Å². The molecule has 1 aliphatic rings. The first-order chi connectivity index (χ1) is 7.55. The Balaban J connectivity index is 2.05. The minimum atomic E-state index is -1.17. The van der Waals surface area contributed by atoms with E-state index in [2.05, 4.69) is 10.3 Å². The van der Waals surface area contributed by atoms with Crippen LogP contribution in [0.5, 0.6) is 0 Å². The molecular weight excluding hydrogens is 214 g/mol. The summed E-state index contributed by atoms with van der Waals surface area (Å²) in [6, 6.07) is 0. The summed E-state index contributed by atoms with van der Waals surface area (Å²) in [5.41, 5.74) is -0.796. The maximum absolute atomic E-state index is 10.6. The molecule has 1 heterocycles. The summed E-state index contributed by atoms with van der Waals surface area (Å²) in [5, 5.41) is 35.0. The van der Waals surface area contributed by atoms with Gasteiger partial charge < -0.3 is 15.3 Å². The number of aliphatic carboxylic acids is 1. The van der Waals surface area contributed by atoms with Crippen molar-refractivity contribution in [2.45, 2.75) is 25.0 Å². The minimum absolute atomic E-state index is 0.0566. The molecule has 0 spiro atoms. The fraction of sp³-hybridized carbons (Fsp3) is 0.667. The Bertz CT molecular complexity index is 397. The van der Waals surface area contributed by atoms with Crippen LogP contribution in [0.3, 0.4) is 0 Å². The van der Waals surface area contributed by atoms with E-state index in [1.54, 1.807) is 0 Å². The number of aliphatic hydroxyl groups is 2. The number of carboxylic acids is 1. The normalized spacial score (nSPS) is 28.8. The van der Waals surface area contributed by atoms with Crippen LogP contribution < -0.4 is 0 Å². The summed E-state index contributed by atoms with van der Waals surface area (Å²) < 4.78 is 1.42. The molecule has 88 valence electrons. The fourth-order valence-electron chi connectivity index (χ4n) is 1.86. The third-order valence-corrected chi connectivity index (χ3v) is 2.86. The smallest absolute Gasteiger partial charge is 0.306 e. The van der Waals surface area contributed by atoms with Crippen LogP contribution in [0.2, 0.25) is 0 Å². The summed E-state index contributed by atoms with van der Waals surface area (Å²) in [6.07, 6.45) is 1.87. The molecule has 0 atom stereocenters. The fourth-order valence-corrected chi connectivity index (χ4v) is 1.86. The highest BCUT2D eigenvalue weighted by molar-refractivity contribution is 5.71. The highest BCUT2D eigenvalue weighted by Gasteiger charge is 2.49. The molecule has 1 aliphatic carbocycles. The average Bonchev–Trinajstić information content (AvgIpc) is 2.62. The number of carboxylic acid groups (broad SMARTS) is 1. The molecule has 1 saturated carbocycles. The molecule has 0 aliphatic heterocycles. The van der Waals surface area contributed by atoms with E-state index in [9.17, 15) is 9.90 Å². The molecule has 7 nitrogen and oxygen atoms in total. The highest BCUT2D eigenvalue weighted by atomic mass is 16.4. The maximum atomic E-state index is 10.6. The first-order valence-corrected chi connectivity index (χ1v) is 5.02. The molecular formula is C9H13N3O4. The number of hydrogen-bond donors (Lipinski definition) is 3. The van der Waals surface area contributed by atoms with Crippen molar-refractivity contribution in [1.29, 1.82) is 0 Å². The van der Waals surface area contributed by atoms with E-state index in [0.717, 1.165) is 0 Å². The van der Waals surface area contributed by atoms with Gasteiger partial charge in [0.1, 0.15) is 11.3 Å². The number of carbonyl (C=O) groups is 1. The van der Waals surface area contributed by atoms with Gasteiger partial charge in [-0.25, -0.2) is 4.68 Å². The lowest BCUT2D eigenvalue weighted by molar-refractivity contribution is -0.160. The largest absolute Gasteiger partial charge is 0.481 e. The predicted molar refractivity (Wildman–Crippen MR) is 51.4 cm³/mol. The zero-order chi connectivity index (χ0) is 11.8. The van der Waals surface area contributed by atoms with Crippen molar-refractivity contribution in [3.8, 4) is 0 Å². The summed E-state index contributed by atoms with van der Waals surface area (Å²) >= 11 is 0. The highest BCUT2D eigenvalue weighted by Crippen LogP contribution is 2.44. The van der Waals surface area contributed by atoms with E-state index in [1.165, 1.54) is 10.9 Å². The number of aromatic nitrogens is 3. The van der Waals surface area contributed by atoms with Crippen molar-refractivity contribution in [1.82, 2.24) is 15.0 Å². The van der Waals surface area contributed by atoms with Gasteiger partial charge >= 0.3 is 5.97 Å². The average molecular weight is 227 g/mol. The van der Waals surface area contributed by atoms with E-state index < -0.39 is 17.5 Å². The molecule has 0 saturated heterocycles. The quantitative estimate of drug-likeness (QED) is 0.605.